The highest BCUT2D eigenvalue weighted by molar-refractivity contribution is 14.1. The van der Waals surface area contributed by atoms with Crippen LogP contribution >= 0.6 is 22.6 Å². The normalized spacial score (nSPS) is 12.2. The minimum Gasteiger partial charge on any atom is -0.458 e. The van der Waals surface area contributed by atoms with Gasteiger partial charge in [0.2, 0.25) is 5.91 Å². The molecule has 0 fully saturated rings. The highest BCUT2D eigenvalue weighted by atomic mass is 127. The lowest BCUT2D eigenvalue weighted by Gasteiger charge is -2.04. The van der Waals surface area contributed by atoms with E-state index in [4.69, 9.17) is 4.74 Å². The van der Waals surface area contributed by atoms with Crippen molar-refractivity contribution in [1.82, 2.24) is 5.32 Å². The highest BCUT2D eigenvalue weighted by Crippen LogP contribution is 2.00. The Morgan fingerprint density at radius 2 is 1.31 bits per heavy atom. The molecule has 0 spiro atoms. The zero-order valence-corrected chi connectivity index (χ0v) is 19.8. The molecule has 0 aliphatic rings. The van der Waals surface area contributed by atoms with E-state index in [9.17, 15) is 9.59 Å². The van der Waals surface area contributed by atoms with Crippen LogP contribution in [0.2, 0.25) is 0 Å². The van der Waals surface area contributed by atoms with E-state index in [1.165, 1.54) is 0 Å². The fourth-order valence-corrected chi connectivity index (χ4v) is 2.51. The summed E-state index contributed by atoms with van der Waals surface area (Å²) in [5, 5.41) is 2.83. The van der Waals surface area contributed by atoms with Crippen LogP contribution < -0.4 is 5.32 Å². The molecule has 1 amide bonds. The summed E-state index contributed by atoms with van der Waals surface area (Å²) in [5.41, 5.74) is 0. The second-order valence-corrected chi connectivity index (χ2v) is 7.27. The van der Waals surface area contributed by atoms with Crippen LogP contribution in [-0.4, -0.2) is 23.0 Å². The number of hydrogen-bond acceptors (Lipinski definition) is 3. The topological polar surface area (TPSA) is 55.4 Å². The van der Waals surface area contributed by atoms with E-state index >= 15 is 0 Å². The van der Waals surface area contributed by atoms with E-state index in [0.29, 0.717) is 26.0 Å². The van der Waals surface area contributed by atoms with E-state index < -0.39 is 0 Å². The lowest BCUT2D eigenvalue weighted by atomic mass is 10.2. The minimum atomic E-state index is -0.314. The van der Waals surface area contributed by atoms with E-state index in [1.54, 1.807) is 22.6 Å². The van der Waals surface area contributed by atoms with Crippen LogP contribution in [-0.2, 0) is 9.53 Å². The van der Waals surface area contributed by atoms with Crippen molar-refractivity contribution < 1.29 is 14.3 Å². The Morgan fingerprint density at radius 3 is 1.83 bits per heavy atom. The van der Waals surface area contributed by atoms with Crippen LogP contribution in [0.1, 0.15) is 64.7 Å². The van der Waals surface area contributed by atoms with Crippen LogP contribution in [0.5, 0.6) is 0 Å². The number of carbonyl (C=O) groups excluding carboxylic acids is 2. The smallest absolute Gasteiger partial charge is 0.367 e. The Balaban J connectivity index is 3.50. The summed E-state index contributed by atoms with van der Waals surface area (Å²) < 4.78 is 4.48. The second kappa shape index (κ2) is 22.7. The summed E-state index contributed by atoms with van der Waals surface area (Å²) in [6, 6.07) is 0. The lowest BCUT2D eigenvalue weighted by molar-refractivity contribution is -0.121. The molecular weight excluding hydrogens is 477 g/mol. The number of rotatable bonds is 17. The molecule has 0 aromatic rings. The molecule has 0 aliphatic carbocycles. The first-order valence-electron chi connectivity index (χ1n) is 10.5. The molecular formula is C24H36INO3. The van der Waals surface area contributed by atoms with Crippen molar-refractivity contribution in [2.45, 2.75) is 64.7 Å². The summed E-state index contributed by atoms with van der Waals surface area (Å²) in [5.74, 6) is 0.0538. The molecule has 0 unspecified atom stereocenters. The minimum absolute atomic E-state index is 0.0538. The maximum absolute atomic E-state index is 11.6. The van der Waals surface area contributed by atoms with Gasteiger partial charge in [0.15, 0.2) is 0 Å². The molecule has 0 aromatic heterocycles. The monoisotopic (exact) mass is 513 g/mol. The van der Waals surface area contributed by atoms with E-state index in [1.807, 2.05) is 0 Å². The number of carbonyl (C=O) groups is 2. The highest BCUT2D eigenvalue weighted by Gasteiger charge is 2.00. The van der Waals surface area contributed by atoms with Crippen molar-refractivity contribution in [3.63, 3.8) is 0 Å². The van der Waals surface area contributed by atoms with E-state index in [2.05, 4.69) is 73.0 Å². The summed E-state index contributed by atoms with van der Waals surface area (Å²) >= 11 is 1.59. The average Bonchev–Trinajstić information content (AvgIpc) is 2.69. The Hall–Kier alpha value is -1.63. The third-order valence-corrected chi connectivity index (χ3v) is 4.10. The lowest BCUT2D eigenvalue weighted by Crippen LogP contribution is -2.24. The molecule has 0 aliphatic heterocycles. The van der Waals surface area contributed by atoms with Gasteiger partial charge < -0.3 is 10.1 Å². The van der Waals surface area contributed by atoms with Gasteiger partial charge in [-0.15, -0.1) is 0 Å². The molecule has 5 heteroatoms. The number of allylic oxidation sites excluding steroid dienone is 10. The Kier molecular flexibility index (Phi) is 21.4. The van der Waals surface area contributed by atoms with Crippen LogP contribution in [0.25, 0.3) is 0 Å². The molecule has 29 heavy (non-hydrogen) atoms. The molecule has 0 rings (SSSR count). The number of unbranched alkanes of at least 4 members (excludes halogenated alkanes) is 1. The molecule has 0 saturated carbocycles. The first-order chi connectivity index (χ1) is 14.2. The van der Waals surface area contributed by atoms with Crippen molar-refractivity contribution in [1.29, 1.82) is 0 Å². The number of ether oxygens (including phenoxy) is 1. The maximum atomic E-state index is 11.6. The van der Waals surface area contributed by atoms with Crippen molar-refractivity contribution in [2.24, 2.45) is 0 Å². The average molecular weight is 513 g/mol. The number of amides is 1. The van der Waals surface area contributed by atoms with Crippen molar-refractivity contribution in [3.8, 4) is 0 Å². The zero-order chi connectivity index (χ0) is 21.4. The largest absolute Gasteiger partial charge is 0.458 e. The summed E-state index contributed by atoms with van der Waals surface area (Å²) in [6.45, 7) is 3.04. The predicted octanol–water partition coefficient (Wildman–Crippen LogP) is 6.99. The number of hydrogen-bond donors (Lipinski definition) is 1. The van der Waals surface area contributed by atoms with E-state index in [-0.39, 0.29) is 9.88 Å². The third kappa shape index (κ3) is 24.3. The van der Waals surface area contributed by atoms with Gasteiger partial charge in [0.05, 0.1) is 29.2 Å². The van der Waals surface area contributed by atoms with Gasteiger partial charge in [-0.05, 0) is 51.4 Å². The van der Waals surface area contributed by atoms with Gasteiger partial charge in [0, 0.05) is 13.0 Å². The molecule has 1 N–H and O–H groups in total. The summed E-state index contributed by atoms with van der Waals surface area (Å²) in [6.07, 6.45) is 29.7. The zero-order valence-electron chi connectivity index (χ0n) is 17.7. The van der Waals surface area contributed by atoms with Crippen LogP contribution in [0.4, 0.5) is 4.79 Å². The maximum Gasteiger partial charge on any atom is 0.367 e. The first-order valence-corrected chi connectivity index (χ1v) is 11.6. The predicted molar refractivity (Wildman–Crippen MR) is 131 cm³/mol. The first kappa shape index (κ1) is 27.4. The number of nitrogens with one attached hydrogen (secondary N) is 1. The molecule has 0 atom stereocenters. The van der Waals surface area contributed by atoms with E-state index in [0.717, 1.165) is 44.9 Å². The van der Waals surface area contributed by atoms with Crippen LogP contribution in [0, 0.1) is 0 Å². The molecule has 162 valence electrons. The van der Waals surface area contributed by atoms with Crippen molar-refractivity contribution in [2.75, 3.05) is 13.2 Å². The van der Waals surface area contributed by atoms with Gasteiger partial charge >= 0.3 is 3.98 Å². The fraction of sp³-hybridized carbons (Fsp3) is 0.500. The Morgan fingerprint density at radius 1 is 0.793 bits per heavy atom. The molecule has 0 saturated heterocycles. The third-order valence-electron chi connectivity index (χ3n) is 3.79. The Bertz CT molecular complexity index is 562. The molecule has 0 radical (unpaired) electrons. The fourth-order valence-electron chi connectivity index (χ4n) is 2.29. The molecule has 0 heterocycles. The second-order valence-electron chi connectivity index (χ2n) is 6.39. The molecule has 0 aromatic carbocycles. The van der Waals surface area contributed by atoms with Crippen LogP contribution in [0.3, 0.4) is 0 Å². The number of halogens is 1. The van der Waals surface area contributed by atoms with Gasteiger partial charge in [-0.2, -0.15) is 0 Å². The van der Waals surface area contributed by atoms with Gasteiger partial charge in [0.25, 0.3) is 0 Å². The molecule has 0 bridgehead atoms. The van der Waals surface area contributed by atoms with Gasteiger partial charge in [0.1, 0.15) is 0 Å². The Labute approximate surface area is 190 Å². The summed E-state index contributed by atoms with van der Waals surface area (Å²) in [7, 11) is 0. The van der Waals surface area contributed by atoms with Crippen molar-refractivity contribution in [3.05, 3.63) is 60.8 Å². The molecule has 4 nitrogen and oxygen atoms in total. The summed E-state index contributed by atoms with van der Waals surface area (Å²) in [4.78, 5) is 22.2. The van der Waals surface area contributed by atoms with Gasteiger partial charge in [-0.1, -0.05) is 67.7 Å². The van der Waals surface area contributed by atoms with Gasteiger partial charge in [-0.25, -0.2) is 4.79 Å². The quantitative estimate of drug-likeness (QED) is 0.0988. The van der Waals surface area contributed by atoms with Gasteiger partial charge in [-0.3, -0.25) is 4.79 Å². The van der Waals surface area contributed by atoms with Crippen LogP contribution in [0.15, 0.2) is 60.8 Å². The standard InChI is InChI=1S/C24H36INO3/c1-2-3-4-5-6-7-8-9-10-11-12-13-14-15-16-17-18-20-23(27)26-21-19-22-29-24(25)28/h3-4,6-7,9-10,12-13,15-16H,2,5,8,11,14,17-22H2,1H3,(H,26,27)/b4-3-,7-6-,10-9-,13-12-,16-15-. The SMILES string of the molecule is CC/C=C\C/C=C\C/C=C\C/C=C\C/C=C\CCCC(=O)NCCCOC(=O)I. The van der Waals surface area contributed by atoms with Crippen molar-refractivity contribution >= 4 is 32.5 Å².